The molecule has 0 aromatic rings. The molecule has 0 aliphatic rings. The van der Waals surface area contributed by atoms with Crippen LogP contribution in [-0.4, -0.2) is 29.8 Å². The number of nitrogens with zero attached hydrogens (tertiary/aromatic N) is 2. The topological polar surface area (TPSA) is 70.7 Å². The Labute approximate surface area is 109 Å². The zero-order chi connectivity index (χ0) is 14.1. The third-order valence-electron chi connectivity index (χ3n) is 2.32. The summed E-state index contributed by atoms with van der Waals surface area (Å²) in [5, 5.41) is 8.85. The summed E-state index contributed by atoms with van der Waals surface area (Å²) in [6, 6.07) is 0. The van der Waals surface area contributed by atoms with Crippen LogP contribution < -0.4 is 11.1 Å². The minimum atomic E-state index is -0.109. The highest BCUT2D eigenvalue weighted by Gasteiger charge is 2.04. The first-order valence-corrected chi connectivity index (χ1v) is 6.03. The van der Waals surface area contributed by atoms with Gasteiger partial charge in [-0.2, -0.15) is 5.10 Å². The highest BCUT2D eigenvalue weighted by atomic mass is 16.1. The first-order valence-electron chi connectivity index (χ1n) is 6.03. The lowest BCUT2D eigenvalue weighted by molar-refractivity contribution is -0.117. The Bertz CT molecular complexity index is 354. The molecule has 5 heteroatoms. The van der Waals surface area contributed by atoms with Gasteiger partial charge in [-0.25, -0.2) is 0 Å². The number of amides is 1. The minimum Gasteiger partial charge on any atom is -0.386 e. The van der Waals surface area contributed by atoms with E-state index >= 15 is 0 Å². The molecule has 0 spiro atoms. The standard InChI is InChI=1S/C13H24N4O/c1-6-11(4)17(16-12(5)14)9-7-8-15-13(18)10(2)3/h6H,2,7-9H2,1,3-5H3,(H2,14,16)(H,15,18)/b11-6-. The number of carbonyl (C=O) groups is 1. The number of rotatable bonds is 7. The summed E-state index contributed by atoms with van der Waals surface area (Å²) >= 11 is 0. The van der Waals surface area contributed by atoms with Gasteiger partial charge in [0.1, 0.15) is 5.84 Å². The Morgan fingerprint density at radius 2 is 2.06 bits per heavy atom. The maximum atomic E-state index is 11.3. The molecule has 102 valence electrons. The largest absolute Gasteiger partial charge is 0.386 e. The Hall–Kier alpha value is -1.78. The van der Waals surface area contributed by atoms with Gasteiger partial charge in [-0.1, -0.05) is 12.7 Å². The van der Waals surface area contributed by atoms with Crippen LogP contribution in [0.4, 0.5) is 0 Å². The molecule has 0 aliphatic heterocycles. The van der Waals surface area contributed by atoms with Crippen LogP contribution in [0.1, 0.15) is 34.1 Å². The molecule has 0 saturated carbocycles. The predicted molar refractivity (Wildman–Crippen MR) is 75.9 cm³/mol. The van der Waals surface area contributed by atoms with E-state index in [1.807, 2.05) is 24.9 Å². The van der Waals surface area contributed by atoms with Crippen molar-refractivity contribution < 1.29 is 4.79 Å². The van der Waals surface area contributed by atoms with Crippen molar-refractivity contribution in [2.45, 2.75) is 34.1 Å². The van der Waals surface area contributed by atoms with Crippen LogP contribution >= 0.6 is 0 Å². The van der Waals surface area contributed by atoms with Gasteiger partial charge in [0.05, 0.1) is 0 Å². The number of hydrazone groups is 1. The maximum Gasteiger partial charge on any atom is 0.246 e. The maximum absolute atomic E-state index is 11.3. The van der Waals surface area contributed by atoms with Crippen molar-refractivity contribution in [3.63, 3.8) is 0 Å². The quantitative estimate of drug-likeness (QED) is 0.238. The first-order chi connectivity index (χ1) is 8.38. The second kappa shape index (κ2) is 8.33. The second-order valence-corrected chi connectivity index (χ2v) is 4.18. The molecule has 0 saturated heterocycles. The monoisotopic (exact) mass is 252 g/mol. The molecule has 0 fully saturated rings. The van der Waals surface area contributed by atoms with Crippen LogP contribution in [0, 0.1) is 0 Å². The summed E-state index contributed by atoms with van der Waals surface area (Å²) in [5.41, 5.74) is 7.13. The third-order valence-corrected chi connectivity index (χ3v) is 2.32. The van der Waals surface area contributed by atoms with Crippen LogP contribution in [0.2, 0.25) is 0 Å². The fourth-order valence-corrected chi connectivity index (χ4v) is 1.23. The van der Waals surface area contributed by atoms with Crippen molar-refractivity contribution in [1.82, 2.24) is 10.3 Å². The van der Waals surface area contributed by atoms with Crippen LogP contribution in [0.15, 0.2) is 29.0 Å². The summed E-state index contributed by atoms with van der Waals surface area (Å²) in [6.07, 6.45) is 2.76. The lowest BCUT2D eigenvalue weighted by Crippen LogP contribution is -2.28. The smallest absolute Gasteiger partial charge is 0.246 e. The summed E-state index contributed by atoms with van der Waals surface area (Å²) in [6.45, 7) is 12.2. The Kier molecular flexibility index (Phi) is 7.51. The van der Waals surface area contributed by atoms with Crippen LogP contribution in [0.25, 0.3) is 0 Å². The zero-order valence-corrected chi connectivity index (χ0v) is 11.8. The van der Waals surface area contributed by atoms with Gasteiger partial charge in [0.2, 0.25) is 5.91 Å². The van der Waals surface area contributed by atoms with E-state index in [4.69, 9.17) is 5.73 Å². The van der Waals surface area contributed by atoms with Crippen LogP contribution in [-0.2, 0) is 4.79 Å². The Morgan fingerprint density at radius 3 is 2.50 bits per heavy atom. The van der Waals surface area contributed by atoms with Gasteiger partial charge in [0.15, 0.2) is 0 Å². The summed E-state index contributed by atoms with van der Waals surface area (Å²) < 4.78 is 0. The Morgan fingerprint density at radius 1 is 1.44 bits per heavy atom. The molecular weight excluding hydrogens is 228 g/mol. The van der Waals surface area contributed by atoms with Gasteiger partial charge in [0.25, 0.3) is 0 Å². The fraction of sp³-hybridized carbons (Fsp3) is 0.538. The number of amidine groups is 1. The highest BCUT2D eigenvalue weighted by Crippen LogP contribution is 2.04. The van der Waals surface area contributed by atoms with Gasteiger partial charge in [-0.05, 0) is 34.1 Å². The predicted octanol–water partition coefficient (Wildman–Crippen LogP) is 1.59. The molecule has 0 aromatic carbocycles. The van der Waals surface area contributed by atoms with E-state index in [1.165, 1.54) is 0 Å². The van der Waals surface area contributed by atoms with E-state index in [9.17, 15) is 4.79 Å². The van der Waals surface area contributed by atoms with Gasteiger partial charge in [-0.3, -0.25) is 9.80 Å². The summed E-state index contributed by atoms with van der Waals surface area (Å²) in [7, 11) is 0. The summed E-state index contributed by atoms with van der Waals surface area (Å²) in [4.78, 5) is 11.3. The molecule has 0 radical (unpaired) electrons. The highest BCUT2D eigenvalue weighted by molar-refractivity contribution is 5.91. The lowest BCUT2D eigenvalue weighted by Gasteiger charge is -2.20. The minimum absolute atomic E-state index is 0.109. The molecule has 0 aromatic heterocycles. The molecule has 0 heterocycles. The Balaban J connectivity index is 4.18. The van der Waals surface area contributed by atoms with Crippen LogP contribution in [0.3, 0.4) is 0 Å². The number of allylic oxidation sites excluding steroid dienone is 2. The molecule has 0 unspecified atom stereocenters. The van der Waals surface area contributed by atoms with Crippen molar-refractivity contribution >= 4 is 11.7 Å². The number of hydrogen-bond donors (Lipinski definition) is 2. The van der Waals surface area contributed by atoms with Crippen molar-refractivity contribution in [2.75, 3.05) is 13.1 Å². The van der Waals surface area contributed by atoms with E-state index in [0.717, 1.165) is 12.1 Å². The fourth-order valence-electron chi connectivity index (χ4n) is 1.23. The molecule has 0 rings (SSSR count). The van der Waals surface area contributed by atoms with Crippen molar-refractivity contribution in [2.24, 2.45) is 10.8 Å². The molecule has 5 nitrogen and oxygen atoms in total. The van der Waals surface area contributed by atoms with Gasteiger partial charge < -0.3 is 11.1 Å². The molecule has 3 N–H and O–H groups in total. The third kappa shape index (κ3) is 6.73. The van der Waals surface area contributed by atoms with E-state index in [-0.39, 0.29) is 5.91 Å². The molecule has 1 amide bonds. The molecule has 0 bridgehead atoms. The van der Waals surface area contributed by atoms with Gasteiger partial charge in [0, 0.05) is 24.4 Å². The van der Waals surface area contributed by atoms with E-state index in [1.54, 1.807) is 13.8 Å². The number of hydrogen-bond acceptors (Lipinski definition) is 3. The van der Waals surface area contributed by atoms with E-state index in [2.05, 4.69) is 17.0 Å². The average molecular weight is 252 g/mol. The second-order valence-electron chi connectivity index (χ2n) is 4.18. The molecule has 0 aliphatic carbocycles. The van der Waals surface area contributed by atoms with Crippen molar-refractivity contribution in [3.8, 4) is 0 Å². The van der Waals surface area contributed by atoms with Crippen molar-refractivity contribution in [1.29, 1.82) is 0 Å². The molecule has 0 atom stereocenters. The molecule has 18 heavy (non-hydrogen) atoms. The van der Waals surface area contributed by atoms with E-state index < -0.39 is 0 Å². The van der Waals surface area contributed by atoms with E-state index in [0.29, 0.717) is 24.5 Å². The van der Waals surface area contributed by atoms with Crippen LogP contribution in [0.5, 0.6) is 0 Å². The lowest BCUT2D eigenvalue weighted by atomic mass is 10.3. The normalized spacial score (nSPS) is 12.2. The number of nitrogens with two attached hydrogens (primary N) is 1. The summed E-state index contributed by atoms with van der Waals surface area (Å²) in [5.74, 6) is 0.407. The molecular formula is C13H24N4O. The van der Waals surface area contributed by atoms with Gasteiger partial charge in [-0.15, -0.1) is 0 Å². The van der Waals surface area contributed by atoms with Gasteiger partial charge >= 0.3 is 0 Å². The number of carbonyl (C=O) groups excluding carboxylic acids is 1. The number of nitrogens with one attached hydrogen (secondary N) is 1. The van der Waals surface area contributed by atoms with Crippen molar-refractivity contribution in [3.05, 3.63) is 23.9 Å². The first kappa shape index (κ1) is 16.2. The SMILES string of the molecule is C=C(C)C(=O)NCCCN(/N=C(/C)N)/C(C)=C\C. The average Bonchev–Trinajstić information content (AvgIpc) is 2.30. The zero-order valence-electron chi connectivity index (χ0n) is 11.8.